The van der Waals surface area contributed by atoms with Crippen molar-refractivity contribution in [1.29, 1.82) is 0 Å². The number of morpholine rings is 2. The molecule has 6 rings (SSSR count). The highest BCUT2D eigenvalue weighted by Crippen LogP contribution is 2.30. The van der Waals surface area contributed by atoms with Crippen molar-refractivity contribution in [2.24, 2.45) is 0 Å². The SMILES string of the molecule is CN(c1ccnc(Nc2cc(N3CCOCC3)nc(N3CCOCC3)n2)n1)c1cccc2[nH]ncc12. The molecule has 2 saturated heterocycles. The van der Waals surface area contributed by atoms with Crippen molar-refractivity contribution in [2.45, 2.75) is 0 Å². The number of rotatable bonds is 6. The summed E-state index contributed by atoms with van der Waals surface area (Å²) in [5, 5.41) is 11.5. The summed E-state index contributed by atoms with van der Waals surface area (Å²) in [7, 11) is 1.98. The van der Waals surface area contributed by atoms with E-state index >= 15 is 0 Å². The van der Waals surface area contributed by atoms with Gasteiger partial charge >= 0.3 is 0 Å². The first kappa shape index (κ1) is 22.4. The fourth-order valence-corrected chi connectivity index (χ4v) is 4.42. The predicted molar refractivity (Wildman–Crippen MR) is 138 cm³/mol. The Morgan fingerprint density at radius 2 is 1.72 bits per heavy atom. The smallest absolute Gasteiger partial charge is 0.230 e. The lowest BCUT2D eigenvalue weighted by atomic mass is 10.2. The van der Waals surface area contributed by atoms with Crippen molar-refractivity contribution in [1.82, 2.24) is 30.1 Å². The van der Waals surface area contributed by atoms with Gasteiger partial charge in [0.2, 0.25) is 11.9 Å². The van der Waals surface area contributed by atoms with E-state index in [0.29, 0.717) is 44.1 Å². The summed E-state index contributed by atoms with van der Waals surface area (Å²) in [5.41, 5.74) is 1.97. The Kier molecular flexibility index (Phi) is 6.18. The highest BCUT2D eigenvalue weighted by atomic mass is 16.5. The molecule has 2 aliphatic rings. The van der Waals surface area contributed by atoms with Crippen LogP contribution in [0.3, 0.4) is 0 Å². The number of hydrogen-bond donors (Lipinski definition) is 2. The zero-order valence-corrected chi connectivity index (χ0v) is 20.1. The van der Waals surface area contributed by atoms with E-state index in [1.807, 2.05) is 48.5 Å². The predicted octanol–water partition coefficient (Wildman–Crippen LogP) is 2.33. The second-order valence-electron chi connectivity index (χ2n) is 8.64. The van der Waals surface area contributed by atoms with Crippen LogP contribution >= 0.6 is 0 Å². The molecule has 0 unspecified atom stereocenters. The summed E-state index contributed by atoms with van der Waals surface area (Å²) in [6.07, 6.45) is 3.56. The molecule has 4 aromatic rings. The number of nitrogens with one attached hydrogen (secondary N) is 2. The number of anilines is 6. The first-order valence-electron chi connectivity index (χ1n) is 12.0. The average molecular weight is 489 g/mol. The van der Waals surface area contributed by atoms with Gasteiger partial charge in [0.25, 0.3) is 0 Å². The van der Waals surface area contributed by atoms with Gasteiger partial charge in [0, 0.05) is 50.9 Å². The summed E-state index contributed by atoms with van der Waals surface area (Å²) in [6, 6.07) is 9.86. The molecule has 186 valence electrons. The molecule has 0 aliphatic carbocycles. The number of nitrogens with zero attached hydrogens (tertiary/aromatic N) is 8. The minimum absolute atomic E-state index is 0.457. The quantitative estimate of drug-likeness (QED) is 0.416. The molecule has 3 aromatic heterocycles. The molecule has 0 spiro atoms. The Hall–Kier alpha value is -4.03. The minimum atomic E-state index is 0.457. The van der Waals surface area contributed by atoms with Crippen molar-refractivity contribution >= 4 is 45.9 Å². The highest BCUT2D eigenvalue weighted by molar-refractivity contribution is 5.93. The number of hydrogen-bond acceptors (Lipinski definition) is 11. The molecule has 0 saturated carbocycles. The maximum atomic E-state index is 5.53. The summed E-state index contributed by atoms with van der Waals surface area (Å²) in [6.45, 7) is 5.76. The lowest BCUT2D eigenvalue weighted by Crippen LogP contribution is -2.39. The zero-order chi connectivity index (χ0) is 24.3. The molecule has 0 atom stereocenters. The number of H-pyrrole nitrogens is 1. The van der Waals surface area contributed by atoms with E-state index in [9.17, 15) is 0 Å². The van der Waals surface area contributed by atoms with Crippen LogP contribution in [0.1, 0.15) is 0 Å². The third kappa shape index (κ3) is 4.60. The summed E-state index contributed by atoms with van der Waals surface area (Å²) in [5.74, 6) is 3.38. The fraction of sp³-hybridized carbons (Fsp3) is 0.375. The van der Waals surface area contributed by atoms with Gasteiger partial charge in [0.1, 0.15) is 17.5 Å². The van der Waals surface area contributed by atoms with Crippen LogP contribution in [0.15, 0.2) is 42.7 Å². The number of benzene rings is 1. The molecule has 2 fully saturated rings. The van der Waals surface area contributed by atoms with Crippen LogP contribution in [0.4, 0.5) is 35.0 Å². The maximum Gasteiger partial charge on any atom is 0.230 e. The minimum Gasteiger partial charge on any atom is -0.378 e. The molecular weight excluding hydrogens is 460 g/mol. The van der Waals surface area contributed by atoms with E-state index in [0.717, 1.165) is 54.4 Å². The topological polar surface area (TPSA) is 120 Å². The summed E-state index contributed by atoms with van der Waals surface area (Å²) < 4.78 is 11.0. The van der Waals surface area contributed by atoms with E-state index in [1.165, 1.54) is 0 Å². The molecule has 2 aliphatic heterocycles. The molecule has 36 heavy (non-hydrogen) atoms. The normalized spacial score (nSPS) is 16.4. The Bertz CT molecular complexity index is 1300. The van der Waals surface area contributed by atoms with Crippen LogP contribution in [0.5, 0.6) is 0 Å². The standard InChI is InChI=1S/C24H28N10O2/c1-32(19-4-2-3-18-17(19)16-26-31-18)21-5-6-25-23(29-21)27-20-15-22(33-7-11-35-12-8-33)30-24(28-20)34-9-13-36-14-10-34/h2-6,15-16H,7-14H2,1H3,(H,26,31)(H,25,27,28,29,30). The fourth-order valence-electron chi connectivity index (χ4n) is 4.42. The largest absolute Gasteiger partial charge is 0.378 e. The van der Waals surface area contributed by atoms with Gasteiger partial charge in [-0.2, -0.15) is 20.1 Å². The Morgan fingerprint density at radius 1 is 0.944 bits per heavy atom. The van der Waals surface area contributed by atoms with Gasteiger partial charge in [0.05, 0.1) is 43.8 Å². The van der Waals surface area contributed by atoms with Crippen molar-refractivity contribution in [2.75, 3.05) is 79.7 Å². The van der Waals surface area contributed by atoms with Crippen LogP contribution in [-0.2, 0) is 9.47 Å². The second kappa shape index (κ2) is 9.91. The molecule has 0 amide bonds. The average Bonchev–Trinajstić information content (AvgIpc) is 3.43. The highest BCUT2D eigenvalue weighted by Gasteiger charge is 2.20. The van der Waals surface area contributed by atoms with Gasteiger partial charge in [-0.3, -0.25) is 5.10 Å². The first-order valence-corrected chi connectivity index (χ1v) is 12.0. The summed E-state index contributed by atoms with van der Waals surface area (Å²) in [4.78, 5) is 25.3. The van der Waals surface area contributed by atoms with Crippen molar-refractivity contribution < 1.29 is 9.47 Å². The molecular formula is C24H28N10O2. The van der Waals surface area contributed by atoms with Gasteiger partial charge in [-0.1, -0.05) is 6.07 Å². The number of ether oxygens (including phenoxy) is 2. The third-order valence-corrected chi connectivity index (χ3v) is 6.38. The molecule has 12 heteroatoms. The second-order valence-corrected chi connectivity index (χ2v) is 8.64. The molecule has 0 bridgehead atoms. The van der Waals surface area contributed by atoms with E-state index in [2.05, 4.69) is 30.3 Å². The van der Waals surface area contributed by atoms with Crippen LogP contribution in [-0.4, -0.2) is 89.8 Å². The van der Waals surface area contributed by atoms with E-state index in [-0.39, 0.29) is 0 Å². The summed E-state index contributed by atoms with van der Waals surface area (Å²) >= 11 is 0. The van der Waals surface area contributed by atoms with Gasteiger partial charge in [-0.05, 0) is 18.2 Å². The van der Waals surface area contributed by atoms with Crippen LogP contribution in [0, 0.1) is 0 Å². The van der Waals surface area contributed by atoms with Gasteiger partial charge < -0.3 is 29.5 Å². The first-order chi connectivity index (χ1) is 17.7. The lowest BCUT2D eigenvalue weighted by molar-refractivity contribution is 0.121. The van der Waals surface area contributed by atoms with E-state index in [4.69, 9.17) is 24.4 Å². The Balaban J connectivity index is 1.30. The monoisotopic (exact) mass is 488 g/mol. The van der Waals surface area contributed by atoms with Gasteiger partial charge in [-0.15, -0.1) is 0 Å². The Labute approximate surface area is 208 Å². The van der Waals surface area contributed by atoms with Crippen molar-refractivity contribution in [3.63, 3.8) is 0 Å². The number of aromatic nitrogens is 6. The molecule has 5 heterocycles. The number of aromatic amines is 1. The number of fused-ring (bicyclic) bond motifs is 1. The van der Waals surface area contributed by atoms with Gasteiger partial charge in [-0.25, -0.2) is 4.98 Å². The van der Waals surface area contributed by atoms with Crippen molar-refractivity contribution in [3.8, 4) is 0 Å². The third-order valence-electron chi connectivity index (χ3n) is 6.38. The molecule has 12 nitrogen and oxygen atoms in total. The van der Waals surface area contributed by atoms with Crippen LogP contribution in [0.25, 0.3) is 10.9 Å². The van der Waals surface area contributed by atoms with E-state index < -0.39 is 0 Å². The van der Waals surface area contributed by atoms with Crippen molar-refractivity contribution in [3.05, 3.63) is 42.7 Å². The van der Waals surface area contributed by atoms with E-state index in [1.54, 1.807) is 6.20 Å². The molecule has 2 N–H and O–H groups in total. The molecule has 0 radical (unpaired) electrons. The Morgan fingerprint density at radius 3 is 2.53 bits per heavy atom. The van der Waals surface area contributed by atoms with Crippen LogP contribution in [0.2, 0.25) is 0 Å². The van der Waals surface area contributed by atoms with Gasteiger partial charge in [0.15, 0.2) is 0 Å². The maximum absolute atomic E-state index is 5.53. The lowest BCUT2D eigenvalue weighted by Gasteiger charge is -2.31. The molecule has 1 aromatic carbocycles. The zero-order valence-electron chi connectivity index (χ0n) is 20.1. The van der Waals surface area contributed by atoms with Crippen LogP contribution < -0.4 is 20.0 Å².